The van der Waals surface area contributed by atoms with Gasteiger partial charge in [-0.2, -0.15) is 5.10 Å². The minimum atomic E-state index is -0.801. The van der Waals surface area contributed by atoms with Crippen molar-refractivity contribution in [3.63, 3.8) is 0 Å². The average molecular weight is 375 g/mol. The lowest BCUT2D eigenvalue weighted by atomic mass is 10.1. The van der Waals surface area contributed by atoms with Crippen LogP contribution in [0.5, 0.6) is 0 Å². The Morgan fingerprint density at radius 1 is 1.00 bits per heavy atom. The molecule has 0 spiro atoms. The van der Waals surface area contributed by atoms with Crippen molar-refractivity contribution in [1.82, 2.24) is 14.8 Å². The molecule has 0 fully saturated rings. The molecule has 1 aliphatic rings. The highest BCUT2D eigenvalue weighted by Gasteiger charge is 2.39. The van der Waals surface area contributed by atoms with Crippen molar-refractivity contribution < 1.29 is 19.2 Å². The summed E-state index contributed by atoms with van der Waals surface area (Å²) in [5.74, 6) is -2.11. The zero-order valence-electron chi connectivity index (χ0n) is 15.4. The Balaban J connectivity index is 1.62. The molecule has 7 nitrogen and oxygen atoms in total. The highest BCUT2D eigenvalue weighted by atomic mass is 16.7. The Morgan fingerprint density at radius 3 is 2.18 bits per heavy atom. The summed E-state index contributed by atoms with van der Waals surface area (Å²) < 4.78 is 1.65. The molecule has 140 valence electrons. The van der Waals surface area contributed by atoms with Crippen LogP contribution in [-0.4, -0.2) is 32.6 Å². The van der Waals surface area contributed by atoms with Crippen LogP contribution in [0.1, 0.15) is 49.3 Å². The Kier molecular flexibility index (Phi) is 4.27. The minimum absolute atomic E-state index is 0.208. The molecule has 2 amide bonds. The third-order valence-electron chi connectivity index (χ3n) is 4.63. The zero-order valence-corrected chi connectivity index (χ0v) is 15.4. The van der Waals surface area contributed by atoms with Gasteiger partial charge in [0.05, 0.1) is 28.7 Å². The summed E-state index contributed by atoms with van der Waals surface area (Å²) in [6.45, 7) is 3.87. The molecule has 7 heteroatoms. The van der Waals surface area contributed by atoms with Gasteiger partial charge >= 0.3 is 5.97 Å². The number of carbonyl (C=O) groups is 3. The molecule has 1 aliphatic heterocycles. The van der Waals surface area contributed by atoms with Gasteiger partial charge < -0.3 is 4.84 Å². The van der Waals surface area contributed by atoms with Gasteiger partial charge in [0.2, 0.25) is 0 Å². The van der Waals surface area contributed by atoms with Crippen LogP contribution in [0, 0.1) is 6.92 Å². The van der Waals surface area contributed by atoms with E-state index in [2.05, 4.69) is 5.10 Å². The number of imide groups is 1. The van der Waals surface area contributed by atoms with Crippen molar-refractivity contribution in [3.8, 4) is 5.69 Å². The van der Waals surface area contributed by atoms with Gasteiger partial charge in [-0.15, -0.1) is 0 Å². The van der Waals surface area contributed by atoms with Crippen LogP contribution in [-0.2, 0) is 11.3 Å². The molecule has 2 aromatic carbocycles. The summed E-state index contributed by atoms with van der Waals surface area (Å²) in [5.41, 5.74) is 3.18. The van der Waals surface area contributed by atoms with Crippen molar-refractivity contribution in [1.29, 1.82) is 0 Å². The van der Waals surface area contributed by atoms with Crippen molar-refractivity contribution in [3.05, 3.63) is 82.7 Å². The second-order valence-corrected chi connectivity index (χ2v) is 6.43. The first-order valence-corrected chi connectivity index (χ1v) is 8.85. The molecule has 2 heterocycles. The number of hydrogen-bond donors (Lipinski definition) is 0. The molecule has 0 N–H and O–H groups in total. The summed E-state index contributed by atoms with van der Waals surface area (Å²) in [6, 6.07) is 14.1. The molecule has 0 aliphatic carbocycles. The van der Waals surface area contributed by atoms with Crippen LogP contribution >= 0.6 is 0 Å². The van der Waals surface area contributed by atoms with E-state index < -0.39 is 17.8 Å². The third kappa shape index (κ3) is 2.77. The lowest BCUT2D eigenvalue weighted by Gasteiger charge is -2.13. The summed E-state index contributed by atoms with van der Waals surface area (Å²) in [5, 5.41) is 4.80. The number of aromatic nitrogens is 2. The van der Waals surface area contributed by atoms with E-state index in [0.717, 1.165) is 11.3 Å². The Hall–Kier alpha value is -3.74. The van der Waals surface area contributed by atoms with Gasteiger partial charge in [0, 0.05) is 0 Å². The molecule has 0 saturated carbocycles. The Morgan fingerprint density at radius 2 is 1.61 bits per heavy atom. The summed E-state index contributed by atoms with van der Waals surface area (Å²) in [4.78, 5) is 42.6. The third-order valence-corrected chi connectivity index (χ3v) is 4.63. The SMILES string of the molecule is CCc1c(C(=O)ON2C(=O)c3ccccc3C2=O)cnn1-c1ccc(C)cc1. The van der Waals surface area contributed by atoms with Gasteiger partial charge in [0.25, 0.3) is 11.8 Å². The number of carbonyl (C=O) groups excluding carboxylic acids is 3. The minimum Gasteiger partial charge on any atom is -0.324 e. The fraction of sp³-hybridized carbons (Fsp3) is 0.143. The van der Waals surface area contributed by atoms with Crippen LogP contribution < -0.4 is 0 Å². The molecule has 4 rings (SSSR count). The maximum absolute atomic E-state index is 12.7. The lowest BCUT2D eigenvalue weighted by molar-refractivity contribution is -0.0585. The first kappa shape index (κ1) is 17.7. The molecule has 1 aromatic heterocycles. The van der Waals surface area contributed by atoms with E-state index in [1.165, 1.54) is 18.3 Å². The normalized spacial score (nSPS) is 13.0. The predicted octanol–water partition coefficient (Wildman–Crippen LogP) is 3.11. The number of benzene rings is 2. The van der Waals surface area contributed by atoms with Crippen molar-refractivity contribution in [2.75, 3.05) is 0 Å². The molecule has 3 aromatic rings. The highest BCUT2D eigenvalue weighted by molar-refractivity contribution is 6.21. The fourth-order valence-electron chi connectivity index (χ4n) is 3.18. The van der Waals surface area contributed by atoms with Gasteiger partial charge in [-0.25, -0.2) is 9.48 Å². The first-order chi connectivity index (χ1) is 13.5. The van der Waals surface area contributed by atoms with Crippen LogP contribution in [0.25, 0.3) is 5.69 Å². The predicted molar refractivity (Wildman–Crippen MR) is 100 cm³/mol. The van der Waals surface area contributed by atoms with E-state index in [1.807, 2.05) is 38.1 Å². The topological polar surface area (TPSA) is 81.5 Å². The molecule has 0 saturated heterocycles. The number of hydroxylamine groups is 2. The van der Waals surface area contributed by atoms with E-state index in [0.29, 0.717) is 17.2 Å². The number of rotatable bonds is 4. The van der Waals surface area contributed by atoms with Crippen LogP contribution in [0.15, 0.2) is 54.7 Å². The van der Waals surface area contributed by atoms with Gasteiger partial charge in [-0.1, -0.05) is 41.8 Å². The van der Waals surface area contributed by atoms with E-state index in [4.69, 9.17) is 4.84 Å². The van der Waals surface area contributed by atoms with E-state index in [1.54, 1.807) is 16.8 Å². The average Bonchev–Trinajstić information content (AvgIpc) is 3.24. The standard InChI is InChI=1S/C21H17N3O4/c1-3-18-17(12-22-23(18)14-10-8-13(2)9-11-14)21(27)28-24-19(25)15-6-4-5-7-16(15)20(24)26/h4-12H,3H2,1-2H3. The van der Waals surface area contributed by atoms with E-state index in [9.17, 15) is 14.4 Å². The summed E-state index contributed by atoms with van der Waals surface area (Å²) in [7, 11) is 0. The maximum Gasteiger partial charge on any atom is 0.367 e. The molecular weight excluding hydrogens is 358 g/mol. The van der Waals surface area contributed by atoms with E-state index >= 15 is 0 Å². The monoisotopic (exact) mass is 375 g/mol. The summed E-state index contributed by atoms with van der Waals surface area (Å²) >= 11 is 0. The van der Waals surface area contributed by atoms with Gasteiger partial charge in [-0.3, -0.25) is 9.59 Å². The van der Waals surface area contributed by atoms with Gasteiger partial charge in [0.15, 0.2) is 0 Å². The number of fused-ring (bicyclic) bond motifs is 1. The van der Waals surface area contributed by atoms with Crippen LogP contribution in [0.4, 0.5) is 0 Å². The number of hydrogen-bond acceptors (Lipinski definition) is 5. The van der Waals surface area contributed by atoms with Gasteiger partial charge in [-0.05, 0) is 37.6 Å². The molecule has 0 bridgehead atoms. The first-order valence-electron chi connectivity index (χ1n) is 8.85. The Bertz CT molecular complexity index is 1060. The second kappa shape index (κ2) is 6.77. The second-order valence-electron chi connectivity index (χ2n) is 6.43. The van der Waals surface area contributed by atoms with E-state index in [-0.39, 0.29) is 16.7 Å². The van der Waals surface area contributed by atoms with Gasteiger partial charge in [0.1, 0.15) is 5.56 Å². The highest BCUT2D eigenvalue weighted by Crippen LogP contribution is 2.24. The molecule has 0 unspecified atom stereocenters. The van der Waals surface area contributed by atoms with Crippen molar-refractivity contribution in [2.24, 2.45) is 0 Å². The molecular formula is C21H17N3O4. The number of nitrogens with zero attached hydrogens (tertiary/aromatic N) is 3. The zero-order chi connectivity index (χ0) is 19.8. The number of amides is 2. The largest absolute Gasteiger partial charge is 0.367 e. The van der Waals surface area contributed by atoms with Crippen molar-refractivity contribution in [2.45, 2.75) is 20.3 Å². The van der Waals surface area contributed by atoms with Crippen LogP contribution in [0.2, 0.25) is 0 Å². The summed E-state index contributed by atoms with van der Waals surface area (Å²) in [6.07, 6.45) is 1.90. The lowest BCUT2D eigenvalue weighted by Crippen LogP contribution is -2.32. The maximum atomic E-state index is 12.7. The number of aryl methyl sites for hydroxylation is 1. The van der Waals surface area contributed by atoms with Crippen molar-refractivity contribution >= 4 is 17.8 Å². The quantitative estimate of drug-likeness (QED) is 0.655. The Labute approximate surface area is 161 Å². The van der Waals surface area contributed by atoms with Crippen LogP contribution in [0.3, 0.4) is 0 Å². The smallest absolute Gasteiger partial charge is 0.324 e. The molecule has 28 heavy (non-hydrogen) atoms. The fourth-order valence-corrected chi connectivity index (χ4v) is 3.18. The molecule has 0 radical (unpaired) electrons. The molecule has 0 atom stereocenters.